The predicted octanol–water partition coefficient (Wildman–Crippen LogP) is 1.59. The van der Waals surface area contributed by atoms with E-state index in [4.69, 9.17) is 5.73 Å². The molecule has 1 heterocycles. The van der Waals surface area contributed by atoms with Crippen LogP contribution in [0.4, 0.5) is 0 Å². The van der Waals surface area contributed by atoms with Gasteiger partial charge in [0.05, 0.1) is 6.04 Å². The normalized spacial score (nSPS) is 32.6. The molecule has 3 N–H and O–H groups in total. The Morgan fingerprint density at radius 2 is 1.70 bits per heavy atom. The largest absolute Gasteiger partial charge is 0.368 e. The van der Waals surface area contributed by atoms with E-state index in [0.29, 0.717) is 23.9 Å². The maximum atomic E-state index is 11.7. The highest BCUT2D eigenvalue weighted by molar-refractivity contribution is 5.80. The van der Waals surface area contributed by atoms with Gasteiger partial charge in [0.25, 0.3) is 0 Å². The molecule has 1 saturated carbocycles. The van der Waals surface area contributed by atoms with Gasteiger partial charge in [0.2, 0.25) is 5.91 Å². The third kappa shape index (κ3) is 3.34. The summed E-state index contributed by atoms with van der Waals surface area (Å²) in [6.07, 6.45) is 3.89. The van der Waals surface area contributed by atoms with Crippen LogP contribution in [0.2, 0.25) is 0 Å². The van der Waals surface area contributed by atoms with Crippen molar-refractivity contribution < 1.29 is 4.79 Å². The first-order valence-electron chi connectivity index (χ1n) is 8.19. The van der Waals surface area contributed by atoms with Crippen LogP contribution in [0.15, 0.2) is 0 Å². The molecule has 1 amide bonds. The van der Waals surface area contributed by atoms with Crippen LogP contribution in [0, 0.1) is 17.8 Å². The topological polar surface area (TPSA) is 58.4 Å². The highest BCUT2D eigenvalue weighted by atomic mass is 16.1. The third-order valence-electron chi connectivity index (χ3n) is 5.18. The van der Waals surface area contributed by atoms with E-state index in [-0.39, 0.29) is 17.9 Å². The molecule has 0 aromatic heterocycles. The molecule has 4 heteroatoms. The van der Waals surface area contributed by atoms with Crippen LogP contribution in [0.1, 0.15) is 47.0 Å². The molecule has 2 fully saturated rings. The number of nitrogens with zero attached hydrogens (tertiary/aromatic N) is 1. The molecule has 3 unspecified atom stereocenters. The maximum absolute atomic E-state index is 11.7. The fourth-order valence-corrected chi connectivity index (χ4v) is 3.98. The van der Waals surface area contributed by atoms with E-state index in [2.05, 4.69) is 37.9 Å². The van der Waals surface area contributed by atoms with E-state index < -0.39 is 0 Å². The number of likely N-dealkylation sites (tertiary alicyclic amines) is 1. The van der Waals surface area contributed by atoms with Gasteiger partial charge in [0, 0.05) is 25.2 Å². The Labute approximate surface area is 123 Å². The van der Waals surface area contributed by atoms with Gasteiger partial charge in [-0.3, -0.25) is 4.79 Å². The van der Waals surface area contributed by atoms with Crippen LogP contribution in [-0.4, -0.2) is 42.0 Å². The lowest BCUT2D eigenvalue weighted by molar-refractivity contribution is -0.121. The first-order valence-corrected chi connectivity index (χ1v) is 8.19. The SMILES string of the molecule is CC(C)C(NC1C2CCCC1CN(C(C)C)C2)C(N)=O. The second kappa shape index (κ2) is 6.44. The van der Waals surface area contributed by atoms with Gasteiger partial charge >= 0.3 is 0 Å². The van der Waals surface area contributed by atoms with E-state index in [1.54, 1.807) is 0 Å². The van der Waals surface area contributed by atoms with Crippen molar-refractivity contribution in [2.24, 2.45) is 23.5 Å². The minimum absolute atomic E-state index is 0.186. The molecule has 2 bridgehead atoms. The Hall–Kier alpha value is -0.610. The van der Waals surface area contributed by atoms with E-state index in [1.165, 1.54) is 19.3 Å². The van der Waals surface area contributed by atoms with Gasteiger partial charge in [-0.2, -0.15) is 0 Å². The number of rotatable bonds is 5. The second-order valence-corrected chi connectivity index (χ2v) is 7.32. The molecule has 0 aromatic carbocycles. The predicted molar refractivity (Wildman–Crippen MR) is 82.3 cm³/mol. The number of amides is 1. The Bertz CT molecular complexity index is 329. The smallest absolute Gasteiger partial charge is 0.234 e. The van der Waals surface area contributed by atoms with Crippen molar-refractivity contribution >= 4 is 5.91 Å². The fraction of sp³-hybridized carbons (Fsp3) is 0.938. The minimum atomic E-state index is -0.204. The average molecular weight is 281 g/mol. The lowest BCUT2D eigenvalue weighted by Gasteiger charge is -2.50. The number of carbonyl (C=O) groups is 1. The van der Waals surface area contributed by atoms with Crippen LogP contribution in [0.3, 0.4) is 0 Å². The number of piperidine rings is 1. The fourth-order valence-electron chi connectivity index (χ4n) is 3.98. The van der Waals surface area contributed by atoms with Crippen molar-refractivity contribution in [2.45, 2.75) is 65.1 Å². The van der Waals surface area contributed by atoms with Gasteiger partial charge in [0.15, 0.2) is 0 Å². The number of primary amides is 1. The lowest BCUT2D eigenvalue weighted by atomic mass is 9.72. The number of nitrogens with one attached hydrogen (secondary N) is 1. The second-order valence-electron chi connectivity index (χ2n) is 7.32. The van der Waals surface area contributed by atoms with Gasteiger partial charge in [-0.15, -0.1) is 0 Å². The van der Waals surface area contributed by atoms with E-state index in [9.17, 15) is 4.79 Å². The minimum Gasteiger partial charge on any atom is -0.368 e. The summed E-state index contributed by atoms with van der Waals surface area (Å²) in [4.78, 5) is 14.3. The first-order chi connectivity index (χ1) is 9.40. The molecule has 2 aliphatic rings. The van der Waals surface area contributed by atoms with Crippen molar-refractivity contribution in [3.63, 3.8) is 0 Å². The number of nitrogens with two attached hydrogens (primary N) is 1. The molecule has 1 saturated heterocycles. The highest BCUT2D eigenvalue weighted by Gasteiger charge is 2.41. The first kappa shape index (κ1) is 15.8. The summed E-state index contributed by atoms with van der Waals surface area (Å²) in [7, 11) is 0. The van der Waals surface area contributed by atoms with Gasteiger partial charge in [-0.25, -0.2) is 0 Å². The molecule has 20 heavy (non-hydrogen) atoms. The molecule has 1 aliphatic heterocycles. The third-order valence-corrected chi connectivity index (χ3v) is 5.18. The quantitative estimate of drug-likeness (QED) is 0.804. The van der Waals surface area contributed by atoms with E-state index in [1.807, 2.05) is 0 Å². The Kier molecular flexibility index (Phi) is 5.08. The van der Waals surface area contributed by atoms with E-state index >= 15 is 0 Å². The molecule has 0 spiro atoms. The van der Waals surface area contributed by atoms with E-state index in [0.717, 1.165) is 13.1 Å². The van der Waals surface area contributed by atoms with Crippen LogP contribution >= 0.6 is 0 Å². The number of carbonyl (C=O) groups excluding carboxylic acids is 1. The number of hydrogen-bond donors (Lipinski definition) is 2. The summed E-state index contributed by atoms with van der Waals surface area (Å²) in [5.74, 6) is 1.40. The van der Waals surface area contributed by atoms with Crippen LogP contribution in [0.5, 0.6) is 0 Å². The average Bonchev–Trinajstić information content (AvgIpc) is 2.33. The molecule has 0 radical (unpaired) electrons. The summed E-state index contributed by atoms with van der Waals surface area (Å²) >= 11 is 0. The van der Waals surface area contributed by atoms with Gasteiger partial charge in [-0.05, 0) is 44.4 Å². The molecule has 0 aromatic rings. The summed E-state index contributed by atoms with van der Waals surface area (Å²) < 4.78 is 0. The van der Waals surface area contributed by atoms with Gasteiger partial charge in [0.1, 0.15) is 0 Å². The number of fused-ring (bicyclic) bond motifs is 2. The van der Waals surface area contributed by atoms with Crippen molar-refractivity contribution in [3.05, 3.63) is 0 Å². The van der Waals surface area contributed by atoms with Crippen LogP contribution in [0.25, 0.3) is 0 Å². The molecule has 1 aliphatic carbocycles. The van der Waals surface area contributed by atoms with Crippen LogP contribution < -0.4 is 11.1 Å². The molecular weight excluding hydrogens is 250 g/mol. The Morgan fingerprint density at radius 1 is 1.15 bits per heavy atom. The molecule has 2 rings (SSSR count). The molecule has 3 atom stereocenters. The zero-order chi connectivity index (χ0) is 14.9. The molecular formula is C16H31N3O. The van der Waals surface area contributed by atoms with Crippen molar-refractivity contribution in [3.8, 4) is 0 Å². The highest BCUT2D eigenvalue weighted by Crippen LogP contribution is 2.36. The zero-order valence-corrected chi connectivity index (χ0v) is 13.4. The summed E-state index contributed by atoms with van der Waals surface area (Å²) in [6, 6.07) is 0.906. The summed E-state index contributed by atoms with van der Waals surface area (Å²) in [6.45, 7) is 11.0. The van der Waals surface area contributed by atoms with Crippen molar-refractivity contribution in [2.75, 3.05) is 13.1 Å². The monoisotopic (exact) mass is 281 g/mol. The van der Waals surface area contributed by atoms with Gasteiger partial charge in [-0.1, -0.05) is 20.3 Å². The molecule has 4 nitrogen and oxygen atoms in total. The van der Waals surface area contributed by atoms with Crippen LogP contribution in [-0.2, 0) is 4.79 Å². The standard InChI is InChI=1S/C16H31N3O/c1-10(2)14(16(17)20)18-15-12-6-5-7-13(15)9-19(8-12)11(3)4/h10-15,18H,5-9H2,1-4H3,(H2,17,20). The lowest BCUT2D eigenvalue weighted by Crippen LogP contribution is -2.62. The molecule has 116 valence electrons. The Morgan fingerprint density at radius 3 is 2.10 bits per heavy atom. The summed E-state index contributed by atoms with van der Waals surface area (Å²) in [5, 5.41) is 3.62. The zero-order valence-electron chi connectivity index (χ0n) is 13.4. The van der Waals surface area contributed by atoms with Gasteiger partial charge < -0.3 is 16.0 Å². The summed E-state index contributed by atoms with van der Waals surface area (Å²) in [5.41, 5.74) is 5.57. The maximum Gasteiger partial charge on any atom is 0.234 e. The van der Waals surface area contributed by atoms with Crippen molar-refractivity contribution in [1.29, 1.82) is 0 Å². The number of hydrogen-bond acceptors (Lipinski definition) is 3. The van der Waals surface area contributed by atoms with Crippen molar-refractivity contribution in [1.82, 2.24) is 10.2 Å². The Balaban J connectivity index is 2.06.